The Labute approximate surface area is 246 Å². The standard InChI is InChI=1S/C31H35NO8.C2H4/c1-4-31(3,30(36)38-18-24-17-37-24)15-23(29(35)39-19-33)13-20(2)28(34)40-32-16-27-25-11-7-5-9-21(25)14-22-10-6-8-12-26(22)27;1-2/h5-12,14,16,20,23-24,33H,4,13,15,17-19H2,1-3H3;1-2H2/b32-16+;. The van der Waals surface area contributed by atoms with Crippen molar-refractivity contribution < 1.29 is 38.5 Å². The maximum atomic E-state index is 12.9. The van der Waals surface area contributed by atoms with Gasteiger partial charge in [0, 0.05) is 5.56 Å². The number of epoxide rings is 1. The van der Waals surface area contributed by atoms with E-state index in [1.54, 1.807) is 13.8 Å². The van der Waals surface area contributed by atoms with Gasteiger partial charge in [0.25, 0.3) is 0 Å². The molecule has 9 heteroatoms. The molecule has 1 aliphatic rings. The summed E-state index contributed by atoms with van der Waals surface area (Å²) < 4.78 is 15.3. The first-order valence-corrected chi connectivity index (χ1v) is 14.0. The first-order valence-electron chi connectivity index (χ1n) is 14.0. The Morgan fingerprint density at radius 2 is 1.67 bits per heavy atom. The second-order valence-electron chi connectivity index (χ2n) is 10.5. The molecular formula is C33H39NO8. The lowest BCUT2D eigenvalue weighted by Crippen LogP contribution is -2.36. The predicted octanol–water partition coefficient (Wildman–Crippen LogP) is 5.56. The Bertz CT molecular complexity index is 1360. The second-order valence-corrected chi connectivity index (χ2v) is 10.5. The molecule has 1 fully saturated rings. The Morgan fingerprint density at radius 3 is 2.21 bits per heavy atom. The van der Waals surface area contributed by atoms with Crippen molar-refractivity contribution in [2.45, 2.75) is 46.1 Å². The molecule has 4 atom stereocenters. The van der Waals surface area contributed by atoms with Crippen molar-refractivity contribution in [1.29, 1.82) is 0 Å². The average molecular weight is 578 g/mol. The molecule has 0 aliphatic carbocycles. The summed E-state index contributed by atoms with van der Waals surface area (Å²) in [5.74, 6) is -3.38. The highest BCUT2D eigenvalue weighted by Gasteiger charge is 2.40. The molecule has 4 rings (SSSR count). The van der Waals surface area contributed by atoms with Crippen LogP contribution in [0.1, 0.15) is 45.6 Å². The summed E-state index contributed by atoms with van der Waals surface area (Å²) in [6.07, 6.45) is 1.97. The van der Waals surface area contributed by atoms with E-state index in [0.717, 1.165) is 27.1 Å². The van der Waals surface area contributed by atoms with Crippen LogP contribution >= 0.6 is 0 Å². The topological polar surface area (TPSA) is 124 Å². The van der Waals surface area contributed by atoms with E-state index in [1.807, 2.05) is 55.5 Å². The lowest BCUT2D eigenvalue weighted by atomic mass is 9.76. The summed E-state index contributed by atoms with van der Waals surface area (Å²) in [6, 6.07) is 17.9. The van der Waals surface area contributed by atoms with Crippen LogP contribution in [0.4, 0.5) is 0 Å². The first-order chi connectivity index (χ1) is 20.3. The molecule has 1 heterocycles. The fraction of sp³-hybridized carbons (Fsp3) is 0.394. The molecular weight excluding hydrogens is 538 g/mol. The highest BCUT2D eigenvalue weighted by Crippen LogP contribution is 2.35. The monoisotopic (exact) mass is 577 g/mol. The van der Waals surface area contributed by atoms with Crippen LogP contribution in [0.5, 0.6) is 0 Å². The normalized spacial score (nSPS) is 17.0. The zero-order chi connectivity index (χ0) is 30.7. The lowest BCUT2D eigenvalue weighted by Gasteiger charge is -2.30. The number of aliphatic hydroxyl groups is 1. The zero-order valence-corrected chi connectivity index (χ0v) is 24.4. The molecule has 3 aromatic rings. The quantitative estimate of drug-likeness (QED) is 0.0410. The van der Waals surface area contributed by atoms with Gasteiger partial charge >= 0.3 is 17.9 Å². The summed E-state index contributed by atoms with van der Waals surface area (Å²) >= 11 is 0. The van der Waals surface area contributed by atoms with Crippen molar-refractivity contribution in [1.82, 2.24) is 0 Å². The highest BCUT2D eigenvalue weighted by atomic mass is 16.7. The highest BCUT2D eigenvalue weighted by molar-refractivity contribution is 6.13. The fourth-order valence-electron chi connectivity index (χ4n) is 4.80. The van der Waals surface area contributed by atoms with Crippen LogP contribution in [-0.4, -0.2) is 55.3 Å². The number of aliphatic hydroxyl groups excluding tert-OH is 1. The van der Waals surface area contributed by atoms with E-state index in [2.05, 4.69) is 24.4 Å². The Balaban J connectivity index is 0.00000237. The number of rotatable bonds is 13. The molecule has 42 heavy (non-hydrogen) atoms. The summed E-state index contributed by atoms with van der Waals surface area (Å²) in [6.45, 7) is 11.1. The minimum Gasteiger partial charge on any atom is -0.462 e. The number of oxime groups is 1. The van der Waals surface area contributed by atoms with Gasteiger partial charge in [0.15, 0.2) is 6.79 Å². The number of hydrogen-bond acceptors (Lipinski definition) is 9. The zero-order valence-electron chi connectivity index (χ0n) is 24.4. The second kappa shape index (κ2) is 15.2. The van der Waals surface area contributed by atoms with Crippen molar-refractivity contribution in [2.75, 3.05) is 20.0 Å². The predicted molar refractivity (Wildman–Crippen MR) is 161 cm³/mol. The van der Waals surface area contributed by atoms with Gasteiger partial charge in [-0.15, -0.1) is 13.2 Å². The number of nitrogens with zero attached hydrogens (tertiary/aromatic N) is 1. The number of carbonyl (C=O) groups is 3. The largest absolute Gasteiger partial charge is 0.462 e. The maximum Gasteiger partial charge on any atom is 0.337 e. The third-order valence-corrected chi connectivity index (χ3v) is 7.49. The molecule has 0 bridgehead atoms. The first kappa shape index (κ1) is 32.4. The van der Waals surface area contributed by atoms with Gasteiger partial charge in [-0.05, 0) is 53.8 Å². The summed E-state index contributed by atoms with van der Waals surface area (Å²) in [5, 5.41) is 17.2. The van der Waals surface area contributed by atoms with Gasteiger partial charge in [0.2, 0.25) is 0 Å². The lowest BCUT2D eigenvalue weighted by molar-refractivity contribution is -0.163. The summed E-state index contributed by atoms with van der Waals surface area (Å²) in [5.41, 5.74) is -0.169. The third-order valence-electron chi connectivity index (χ3n) is 7.49. The minimum atomic E-state index is -0.995. The van der Waals surface area contributed by atoms with Crippen molar-refractivity contribution in [2.24, 2.45) is 22.4 Å². The van der Waals surface area contributed by atoms with Crippen LogP contribution in [0, 0.1) is 17.3 Å². The van der Waals surface area contributed by atoms with Gasteiger partial charge in [-0.1, -0.05) is 67.5 Å². The fourth-order valence-corrected chi connectivity index (χ4v) is 4.80. The average Bonchev–Trinajstić information content (AvgIpc) is 3.84. The molecule has 9 nitrogen and oxygen atoms in total. The van der Waals surface area contributed by atoms with Crippen molar-refractivity contribution in [3.05, 3.63) is 73.3 Å². The molecule has 3 aromatic carbocycles. The number of carbonyl (C=O) groups excluding carboxylic acids is 3. The molecule has 4 unspecified atom stereocenters. The van der Waals surface area contributed by atoms with Gasteiger partial charge in [-0.25, -0.2) is 4.79 Å². The Morgan fingerprint density at radius 1 is 1.07 bits per heavy atom. The molecule has 1 saturated heterocycles. The number of fused-ring (bicyclic) bond motifs is 2. The Hall–Kier alpha value is -4.08. The van der Waals surface area contributed by atoms with Crippen LogP contribution in [0.25, 0.3) is 21.5 Å². The molecule has 224 valence electrons. The van der Waals surface area contributed by atoms with Crippen LogP contribution in [0.2, 0.25) is 0 Å². The van der Waals surface area contributed by atoms with Gasteiger partial charge in [-0.3, -0.25) is 9.59 Å². The third kappa shape index (κ3) is 8.24. The molecule has 0 aromatic heterocycles. The van der Waals surface area contributed by atoms with Crippen LogP contribution in [0.15, 0.2) is 72.9 Å². The molecule has 0 spiro atoms. The molecule has 0 radical (unpaired) electrons. The molecule has 1 N–H and O–H groups in total. The van der Waals surface area contributed by atoms with Crippen LogP contribution < -0.4 is 0 Å². The van der Waals surface area contributed by atoms with E-state index < -0.39 is 42.0 Å². The van der Waals surface area contributed by atoms with E-state index in [9.17, 15) is 14.4 Å². The van der Waals surface area contributed by atoms with E-state index >= 15 is 0 Å². The molecule has 0 amide bonds. The van der Waals surface area contributed by atoms with Gasteiger partial charge in [0.1, 0.15) is 12.7 Å². The van der Waals surface area contributed by atoms with Crippen LogP contribution in [0.3, 0.4) is 0 Å². The smallest absolute Gasteiger partial charge is 0.337 e. The number of hydrogen-bond donors (Lipinski definition) is 1. The van der Waals surface area contributed by atoms with Crippen molar-refractivity contribution in [3.8, 4) is 0 Å². The van der Waals surface area contributed by atoms with E-state index in [1.165, 1.54) is 6.21 Å². The van der Waals surface area contributed by atoms with E-state index in [-0.39, 0.29) is 25.6 Å². The van der Waals surface area contributed by atoms with Gasteiger partial charge in [-0.2, -0.15) is 0 Å². The molecule has 1 aliphatic heterocycles. The number of benzene rings is 3. The number of esters is 2. The van der Waals surface area contributed by atoms with Gasteiger partial charge in [0.05, 0.1) is 30.1 Å². The van der Waals surface area contributed by atoms with E-state index in [0.29, 0.717) is 13.0 Å². The van der Waals surface area contributed by atoms with Gasteiger partial charge < -0.3 is 24.2 Å². The summed E-state index contributed by atoms with van der Waals surface area (Å²) in [4.78, 5) is 43.7. The van der Waals surface area contributed by atoms with Crippen LogP contribution in [-0.2, 0) is 33.4 Å². The maximum absolute atomic E-state index is 12.9. The molecule has 0 saturated carbocycles. The van der Waals surface area contributed by atoms with E-state index in [4.69, 9.17) is 24.2 Å². The van der Waals surface area contributed by atoms with Crippen molar-refractivity contribution in [3.63, 3.8) is 0 Å². The summed E-state index contributed by atoms with van der Waals surface area (Å²) in [7, 11) is 0. The van der Waals surface area contributed by atoms with Crippen molar-refractivity contribution >= 4 is 45.7 Å². The minimum absolute atomic E-state index is 0.0407. The number of ether oxygens (including phenoxy) is 3. The SMILES string of the molecule is C=C.CCC(C)(CC(CC(C)C(=O)O/N=C/c1c2ccccc2cc2ccccc12)C(=O)OCO)C(=O)OCC1CO1. The Kier molecular flexibility index (Phi) is 11.8.